The number of aromatic nitrogens is 3. The first-order valence-electron chi connectivity index (χ1n) is 5.83. The van der Waals surface area contributed by atoms with Crippen LogP contribution in [0.1, 0.15) is 24.6 Å². The third-order valence-electron chi connectivity index (χ3n) is 3.61. The van der Waals surface area contributed by atoms with Crippen LogP contribution in [0.4, 0.5) is 0 Å². The van der Waals surface area contributed by atoms with Crippen molar-refractivity contribution in [1.82, 2.24) is 14.5 Å². The van der Waals surface area contributed by atoms with Crippen LogP contribution in [0.3, 0.4) is 0 Å². The Morgan fingerprint density at radius 2 is 2.06 bits per heavy atom. The number of halogens is 1. The van der Waals surface area contributed by atoms with Gasteiger partial charge in [0.25, 0.3) is 0 Å². The van der Waals surface area contributed by atoms with Crippen LogP contribution in [-0.2, 0) is 0 Å². The van der Waals surface area contributed by atoms with Crippen molar-refractivity contribution in [3.8, 4) is 0 Å². The fraction of sp³-hybridized carbons (Fsp3) is 0.500. The SMILES string of the molecule is Cc1ncnc2c1ccn2C1CCC(O)C1O.Cl. The van der Waals surface area contributed by atoms with Crippen LogP contribution in [0.2, 0.25) is 0 Å². The number of hydrogen-bond acceptors (Lipinski definition) is 4. The molecule has 0 amide bonds. The van der Waals surface area contributed by atoms with Crippen LogP contribution in [-0.4, -0.2) is 37.0 Å². The molecule has 0 bridgehead atoms. The van der Waals surface area contributed by atoms with Crippen LogP contribution in [0.15, 0.2) is 18.6 Å². The summed E-state index contributed by atoms with van der Waals surface area (Å²) in [5.41, 5.74) is 1.76. The average molecular weight is 270 g/mol. The Kier molecular flexibility index (Phi) is 3.56. The summed E-state index contributed by atoms with van der Waals surface area (Å²) in [7, 11) is 0. The average Bonchev–Trinajstić information content (AvgIpc) is 2.86. The number of aryl methyl sites for hydroxylation is 1. The molecule has 2 heterocycles. The van der Waals surface area contributed by atoms with E-state index in [0.717, 1.165) is 23.1 Å². The second kappa shape index (κ2) is 4.84. The van der Waals surface area contributed by atoms with Crippen LogP contribution in [0.25, 0.3) is 11.0 Å². The maximum absolute atomic E-state index is 9.94. The van der Waals surface area contributed by atoms with E-state index >= 15 is 0 Å². The topological polar surface area (TPSA) is 71.2 Å². The first kappa shape index (κ1) is 13.3. The number of aliphatic hydroxyl groups excluding tert-OH is 2. The second-order valence-corrected chi connectivity index (χ2v) is 4.62. The third kappa shape index (κ3) is 1.88. The summed E-state index contributed by atoms with van der Waals surface area (Å²) >= 11 is 0. The Morgan fingerprint density at radius 3 is 2.72 bits per heavy atom. The first-order chi connectivity index (χ1) is 8.18. The van der Waals surface area contributed by atoms with Crippen molar-refractivity contribution >= 4 is 23.4 Å². The Labute approximate surface area is 111 Å². The summed E-state index contributed by atoms with van der Waals surface area (Å²) in [6.07, 6.45) is 3.52. The lowest BCUT2D eigenvalue weighted by molar-refractivity contribution is 0.0242. The standard InChI is InChI=1S/C12H15N3O2.ClH/c1-7-8-4-5-15(12(8)14-6-13-7)9-2-3-10(16)11(9)17;/h4-6,9-11,16-17H,2-3H2,1H3;1H. The predicted octanol–water partition coefficient (Wildman–Crippen LogP) is 1.22. The first-order valence-corrected chi connectivity index (χ1v) is 5.83. The van der Waals surface area contributed by atoms with Gasteiger partial charge in [0.2, 0.25) is 0 Å². The number of nitrogens with zero attached hydrogens (tertiary/aromatic N) is 3. The lowest BCUT2D eigenvalue weighted by atomic mass is 10.2. The fourth-order valence-electron chi connectivity index (χ4n) is 2.61. The Hall–Kier alpha value is -1.17. The highest BCUT2D eigenvalue weighted by atomic mass is 35.5. The monoisotopic (exact) mass is 269 g/mol. The van der Waals surface area contributed by atoms with Crippen LogP contribution >= 0.6 is 12.4 Å². The van der Waals surface area contributed by atoms with Crippen molar-refractivity contribution in [2.75, 3.05) is 0 Å². The molecule has 2 N–H and O–H groups in total. The third-order valence-corrected chi connectivity index (χ3v) is 3.61. The van der Waals surface area contributed by atoms with Gasteiger partial charge in [0.1, 0.15) is 18.1 Å². The molecule has 1 aliphatic carbocycles. The Morgan fingerprint density at radius 1 is 1.28 bits per heavy atom. The molecule has 2 aromatic heterocycles. The lowest BCUT2D eigenvalue weighted by Crippen LogP contribution is -2.26. The molecule has 3 atom stereocenters. The lowest BCUT2D eigenvalue weighted by Gasteiger charge is -2.18. The van der Waals surface area contributed by atoms with E-state index < -0.39 is 12.2 Å². The van der Waals surface area contributed by atoms with E-state index in [2.05, 4.69) is 9.97 Å². The van der Waals surface area contributed by atoms with Crippen LogP contribution in [0.5, 0.6) is 0 Å². The molecule has 1 saturated carbocycles. The van der Waals surface area contributed by atoms with E-state index in [0.29, 0.717) is 6.42 Å². The largest absolute Gasteiger partial charge is 0.390 e. The zero-order chi connectivity index (χ0) is 12.0. The van der Waals surface area contributed by atoms with E-state index in [1.54, 1.807) is 0 Å². The number of hydrogen-bond donors (Lipinski definition) is 2. The molecule has 2 aromatic rings. The Bertz CT molecular complexity index is 557. The molecular weight excluding hydrogens is 254 g/mol. The summed E-state index contributed by atoms with van der Waals surface area (Å²) in [4.78, 5) is 8.41. The molecular formula is C12H16ClN3O2. The quantitative estimate of drug-likeness (QED) is 0.817. The van der Waals surface area contributed by atoms with Crippen LogP contribution in [0, 0.1) is 6.92 Å². The zero-order valence-corrected chi connectivity index (χ0v) is 10.8. The molecule has 6 heteroatoms. The maximum Gasteiger partial charge on any atom is 0.143 e. The molecule has 18 heavy (non-hydrogen) atoms. The summed E-state index contributed by atoms with van der Waals surface area (Å²) in [6, 6.07) is 1.87. The number of rotatable bonds is 1. The van der Waals surface area contributed by atoms with Gasteiger partial charge >= 0.3 is 0 Å². The van der Waals surface area contributed by atoms with Gasteiger partial charge in [0.15, 0.2) is 0 Å². The molecule has 5 nitrogen and oxygen atoms in total. The highest BCUT2D eigenvalue weighted by Gasteiger charge is 2.35. The van der Waals surface area contributed by atoms with Crippen molar-refractivity contribution in [3.05, 3.63) is 24.3 Å². The minimum absolute atomic E-state index is 0. The maximum atomic E-state index is 9.94. The van der Waals surface area contributed by atoms with E-state index in [-0.39, 0.29) is 18.4 Å². The zero-order valence-electron chi connectivity index (χ0n) is 10.0. The summed E-state index contributed by atoms with van der Waals surface area (Å²) < 4.78 is 1.95. The molecule has 1 fully saturated rings. The van der Waals surface area contributed by atoms with Crippen molar-refractivity contribution in [3.63, 3.8) is 0 Å². The summed E-state index contributed by atoms with van der Waals surface area (Å²) in [6.45, 7) is 1.94. The fourth-order valence-corrected chi connectivity index (χ4v) is 2.61. The highest BCUT2D eigenvalue weighted by Crippen LogP contribution is 2.33. The highest BCUT2D eigenvalue weighted by molar-refractivity contribution is 5.85. The van der Waals surface area contributed by atoms with Gasteiger partial charge < -0.3 is 14.8 Å². The normalized spacial score (nSPS) is 27.4. The molecule has 98 valence electrons. The molecule has 0 saturated heterocycles. The predicted molar refractivity (Wildman–Crippen MR) is 69.8 cm³/mol. The molecule has 3 rings (SSSR count). The van der Waals surface area contributed by atoms with Gasteiger partial charge in [-0.1, -0.05) is 0 Å². The van der Waals surface area contributed by atoms with Gasteiger partial charge in [-0.15, -0.1) is 12.4 Å². The van der Waals surface area contributed by atoms with E-state index in [4.69, 9.17) is 0 Å². The minimum atomic E-state index is -0.708. The van der Waals surface area contributed by atoms with Gasteiger partial charge in [-0.2, -0.15) is 0 Å². The molecule has 0 spiro atoms. The van der Waals surface area contributed by atoms with Crippen molar-refractivity contribution in [1.29, 1.82) is 0 Å². The van der Waals surface area contributed by atoms with Gasteiger partial charge in [0.05, 0.1) is 17.8 Å². The van der Waals surface area contributed by atoms with Gasteiger partial charge in [-0.25, -0.2) is 9.97 Å². The second-order valence-electron chi connectivity index (χ2n) is 4.62. The molecule has 0 aromatic carbocycles. The molecule has 0 radical (unpaired) electrons. The van der Waals surface area contributed by atoms with Crippen molar-refractivity contribution in [2.24, 2.45) is 0 Å². The molecule has 3 unspecified atom stereocenters. The van der Waals surface area contributed by atoms with Gasteiger partial charge in [-0.3, -0.25) is 0 Å². The van der Waals surface area contributed by atoms with E-state index in [1.807, 2.05) is 23.8 Å². The smallest absolute Gasteiger partial charge is 0.143 e. The van der Waals surface area contributed by atoms with Gasteiger partial charge in [-0.05, 0) is 25.8 Å². The van der Waals surface area contributed by atoms with Crippen molar-refractivity contribution in [2.45, 2.75) is 38.0 Å². The van der Waals surface area contributed by atoms with E-state index in [1.165, 1.54) is 6.33 Å². The molecule has 0 aliphatic heterocycles. The minimum Gasteiger partial charge on any atom is -0.390 e. The van der Waals surface area contributed by atoms with Gasteiger partial charge in [0, 0.05) is 11.6 Å². The summed E-state index contributed by atoms with van der Waals surface area (Å²) in [5.74, 6) is 0. The molecule has 1 aliphatic rings. The summed E-state index contributed by atoms with van der Waals surface area (Å²) in [5, 5.41) is 20.5. The van der Waals surface area contributed by atoms with E-state index in [9.17, 15) is 10.2 Å². The van der Waals surface area contributed by atoms with Crippen molar-refractivity contribution < 1.29 is 10.2 Å². The Balaban J connectivity index is 0.00000120. The number of fused-ring (bicyclic) bond motifs is 1. The number of aliphatic hydroxyl groups is 2. The van der Waals surface area contributed by atoms with Crippen LogP contribution < -0.4 is 0 Å².